The first-order chi connectivity index (χ1) is 7.04. The van der Waals surface area contributed by atoms with Gasteiger partial charge < -0.3 is 0 Å². The molecule has 0 aromatic carbocycles. The van der Waals surface area contributed by atoms with Crippen LogP contribution in [0, 0.1) is 0 Å². The van der Waals surface area contributed by atoms with Crippen LogP contribution in [0.3, 0.4) is 0 Å². The van der Waals surface area contributed by atoms with Gasteiger partial charge in [0.1, 0.15) is 5.54 Å². The normalized spacial score (nSPS) is 18.9. The molecule has 1 fully saturated rings. The van der Waals surface area contributed by atoms with Crippen molar-refractivity contribution in [3.63, 3.8) is 0 Å². The van der Waals surface area contributed by atoms with Crippen molar-refractivity contribution in [3.8, 4) is 0 Å². The number of rotatable bonds is 3. The van der Waals surface area contributed by atoms with Crippen molar-refractivity contribution in [2.75, 3.05) is 0 Å². The minimum Gasteiger partial charge on any atom is -0.298 e. The van der Waals surface area contributed by atoms with Gasteiger partial charge in [-0.25, -0.2) is 0 Å². The van der Waals surface area contributed by atoms with Gasteiger partial charge in [-0.2, -0.15) is 13.2 Å². The molecule has 15 heavy (non-hydrogen) atoms. The fourth-order valence-electron chi connectivity index (χ4n) is 1.37. The molecule has 0 unspecified atom stereocenters. The van der Waals surface area contributed by atoms with E-state index in [1.165, 1.54) is 18.6 Å². The smallest absolute Gasteiger partial charge is 0.298 e. The monoisotopic (exact) mass is 217 g/mol. The zero-order valence-corrected chi connectivity index (χ0v) is 7.88. The predicted molar refractivity (Wildman–Crippen MR) is 46.9 cm³/mol. The Hall–Kier alpha value is -1.17. The van der Waals surface area contributed by atoms with E-state index in [2.05, 4.69) is 15.3 Å². The van der Waals surface area contributed by atoms with Crippen molar-refractivity contribution in [1.82, 2.24) is 15.3 Å². The standard InChI is InChI=1S/C9H10F3N3/c10-9(11,12)8(1-2-8)15-6-7-5-13-3-4-14-7/h3-5,15H,1-2,6H2. The lowest BCUT2D eigenvalue weighted by molar-refractivity contribution is -0.166. The topological polar surface area (TPSA) is 37.8 Å². The van der Waals surface area contributed by atoms with Gasteiger partial charge in [0.25, 0.3) is 0 Å². The van der Waals surface area contributed by atoms with Crippen LogP contribution < -0.4 is 5.32 Å². The van der Waals surface area contributed by atoms with Gasteiger partial charge in [-0.1, -0.05) is 0 Å². The fraction of sp³-hybridized carbons (Fsp3) is 0.556. The second-order valence-electron chi connectivity index (χ2n) is 3.63. The number of halogens is 3. The molecule has 0 aliphatic heterocycles. The number of alkyl halides is 3. The second-order valence-corrected chi connectivity index (χ2v) is 3.63. The van der Waals surface area contributed by atoms with Gasteiger partial charge in [0.05, 0.1) is 5.69 Å². The Morgan fingerprint density at radius 2 is 2.07 bits per heavy atom. The van der Waals surface area contributed by atoms with Gasteiger partial charge in [0.15, 0.2) is 0 Å². The lowest BCUT2D eigenvalue weighted by Gasteiger charge is -2.20. The molecule has 0 atom stereocenters. The highest BCUT2D eigenvalue weighted by Gasteiger charge is 2.62. The van der Waals surface area contributed by atoms with Crippen LogP contribution in [0.15, 0.2) is 18.6 Å². The Bertz CT molecular complexity index is 332. The molecule has 0 spiro atoms. The first kappa shape index (κ1) is 10.4. The molecule has 1 aliphatic rings. The molecule has 1 aromatic rings. The van der Waals surface area contributed by atoms with E-state index in [-0.39, 0.29) is 19.4 Å². The van der Waals surface area contributed by atoms with Gasteiger partial charge >= 0.3 is 6.18 Å². The highest BCUT2D eigenvalue weighted by molar-refractivity contribution is 5.09. The van der Waals surface area contributed by atoms with E-state index < -0.39 is 11.7 Å². The molecule has 0 radical (unpaired) electrons. The number of hydrogen-bond acceptors (Lipinski definition) is 3. The number of nitrogens with zero attached hydrogens (tertiary/aromatic N) is 2. The molecule has 1 heterocycles. The molecule has 6 heteroatoms. The van der Waals surface area contributed by atoms with Gasteiger partial charge in [-0.05, 0) is 12.8 Å². The van der Waals surface area contributed by atoms with E-state index >= 15 is 0 Å². The van der Waals surface area contributed by atoms with Crippen molar-refractivity contribution in [1.29, 1.82) is 0 Å². The molecule has 1 aliphatic carbocycles. The Morgan fingerprint density at radius 1 is 1.33 bits per heavy atom. The maximum absolute atomic E-state index is 12.5. The third-order valence-electron chi connectivity index (χ3n) is 2.52. The van der Waals surface area contributed by atoms with E-state index in [4.69, 9.17) is 0 Å². The molecule has 2 rings (SSSR count). The van der Waals surface area contributed by atoms with Crippen LogP contribution in [0.1, 0.15) is 18.5 Å². The lowest BCUT2D eigenvalue weighted by Crippen LogP contribution is -2.44. The Labute approximate surface area is 84.7 Å². The molecular weight excluding hydrogens is 207 g/mol. The maximum Gasteiger partial charge on any atom is 0.406 e. The highest BCUT2D eigenvalue weighted by atomic mass is 19.4. The quantitative estimate of drug-likeness (QED) is 0.836. The molecule has 1 N–H and O–H groups in total. The van der Waals surface area contributed by atoms with Crippen molar-refractivity contribution in [2.45, 2.75) is 31.1 Å². The SMILES string of the molecule is FC(F)(F)C1(NCc2cnccn2)CC1. The Balaban J connectivity index is 1.95. The van der Waals surface area contributed by atoms with Crippen molar-refractivity contribution in [2.24, 2.45) is 0 Å². The zero-order chi connectivity index (χ0) is 10.9. The van der Waals surface area contributed by atoms with Crippen LogP contribution in [0.5, 0.6) is 0 Å². The summed E-state index contributed by atoms with van der Waals surface area (Å²) in [5.74, 6) is 0. The summed E-state index contributed by atoms with van der Waals surface area (Å²) in [4.78, 5) is 7.68. The van der Waals surface area contributed by atoms with Crippen LogP contribution in [0.4, 0.5) is 13.2 Å². The second kappa shape index (κ2) is 3.44. The summed E-state index contributed by atoms with van der Waals surface area (Å²) in [6, 6.07) is 0. The lowest BCUT2D eigenvalue weighted by atomic mass is 10.2. The van der Waals surface area contributed by atoms with Crippen LogP contribution >= 0.6 is 0 Å². The molecule has 0 saturated heterocycles. The summed E-state index contributed by atoms with van der Waals surface area (Å²) in [6.45, 7) is 0.105. The third-order valence-corrected chi connectivity index (χ3v) is 2.52. The molecule has 1 aromatic heterocycles. The summed E-state index contributed by atoms with van der Waals surface area (Å²) < 4.78 is 37.5. The van der Waals surface area contributed by atoms with E-state index in [1.807, 2.05) is 0 Å². The minimum atomic E-state index is -4.17. The van der Waals surface area contributed by atoms with Crippen molar-refractivity contribution < 1.29 is 13.2 Å². The molecule has 0 bridgehead atoms. The molecule has 3 nitrogen and oxygen atoms in total. The zero-order valence-electron chi connectivity index (χ0n) is 7.88. The molecule has 0 amide bonds. The molecular formula is C9H10F3N3. The largest absolute Gasteiger partial charge is 0.406 e. The summed E-state index contributed by atoms with van der Waals surface area (Å²) in [7, 11) is 0. The summed E-state index contributed by atoms with van der Waals surface area (Å²) >= 11 is 0. The van der Waals surface area contributed by atoms with Gasteiger partial charge in [-0.15, -0.1) is 0 Å². The number of nitrogens with one attached hydrogen (secondary N) is 1. The highest BCUT2D eigenvalue weighted by Crippen LogP contribution is 2.48. The van der Waals surface area contributed by atoms with Crippen molar-refractivity contribution in [3.05, 3.63) is 24.3 Å². The van der Waals surface area contributed by atoms with E-state index in [1.54, 1.807) is 0 Å². The average molecular weight is 217 g/mol. The third kappa shape index (κ3) is 2.09. The van der Waals surface area contributed by atoms with Gasteiger partial charge in [-0.3, -0.25) is 15.3 Å². The first-order valence-electron chi connectivity index (χ1n) is 4.60. The summed E-state index contributed by atoms with van der Waals surface area (Å²) in [6.07, 6.45) is 0.534. The minimum absolute atomic E-state index is 0.105. The molecule has 1 saturated carbocycles. The summed E-state index contributed by atoms with van der Waals surface area (Å²) in [5.41, 5.74) is -1.15. The van der Waals surface area contributed by atoms with Gasteiger partial charge in [0.2, 0.25) is 0 Å². The number of aromatic nitrogens is 2. The molecule has 82 valence electrons. The van der Waals surface area contributed by atoms with Crippen LogP contribution in [0.2, 0.25) is 0 Å². The van der Waals surface area contributed by atoms with E-state index in [9.17, 15) is 13.2 Å². The Morgan fingerprint density at radius 3 is 2.53 bits per heavy atom. The summed E-state index contributed by atoms with van der Waals surface area (Å²) in [5, 5.41) is 2.50. The van der Waals surface area contributed by atoms with Gasteiger partial charge in [0, 0.05) is 25.1 Å². The Kier molecular flexibility index (Phi) is 2.38. The predicted octanol–water partition coefficient (Wildman–Crippen LogP) is 1.66. The van der Waals surface area contributed by atoms with E-state index in [0.717, 1.165) is 0 Å². The van der Waals surface area contributed by atoms with Crippen molar-refractivity contribution >= 4 is 0 Å². The average Bonchev–Trinajstić information content (AvgIpc) is 2.96. The number of hydrogen-bond donors (Lipinski definition) is 1. The first-order valence-corrected chi connectivity index (χ1v) is 4.60. The fourth-order valence-corrected chi connectivity index (χ4v) is 1.37. The van der Waals surface area contributed by atoms with Crippen LogP contribution in [-0.2, 0) is 6.54 Å². The van der Waals surface area contributed by atoms with Crippen LogP contribution in [0.25, 0.3) is 0 Å². The maximum atomic E-state index is 12.5. The van der Waals surface area contributed by atoms with E-state index in [0.29, 0.717) is 5.69 Å². The van der Waals surface area contributed by atoms with Crippen LogP contribution in [-0.4, -0.2) is 21.7 Å².